The Labute approximate surface area is 121 Å². The van der Waals surface area contributed by atoms with Gasteiger partial charge in [-0.1, -0.05) is 25.5 Å². The van der Waals surface area contributed by atoms with E-state index in [1.165, 1.54) is 0 Å². The first-order valence-corrected chi connectivity index (χ1v) is 7.17. The summed E-state index contributed by atoms with van der Waals surface area (Å²) in [6.07, 6.45) is 1.77. The second kappa shape index (κ2) is 7.17. The summed E-state index contributed by atoms with van der Waals surface area (Å²) in [4.78, 5) is 11.8. The van der Waals surface area contributed by atoms with Crippen molar-refractivity contribution in [3.63, 3.8) is 0 Å². The van der Waals surface area contributed by atoms with Crippen molar-refractivity contribution in [3.8, 4) is 0 Å². The number of hydrogen-bond donors (Lipinski definition) is 2. The zero-order valence-corrected chi connectivity index (χ0v) is 13.1. The molecule has 1 atom stereocenters. The van der Waals surface area contributed by atoms with Crippen LogP contribution in [0.25, 0.3) is 0 Å². The van der Waals surface area contributed by atoms with Crippen molar-refractivity contribution in [1.29, 1.82) is 0 Å². The molecule has 0 heterocycles. The van der Waals surface area contributed by atoms with Gasteiger partial charge < -0.3 is 10.1 Å². The highest BCUT2D eigenvalue weighted by Gasteiger charge is 2.17. The maximum absolute atomic E-state index is 11.8. The van der Waals surface area contributed by atoms with Crippen LogP contribution in [0.4, 0.5) is 16.2 Å². The fourth-order valence-corrected chi connectivity index (χ4v) is 1.90. The quantitative estimate of drug-likeness (QED) is 0.825. The van der Waals surface area contributed by atoms with E-state index in [4.69, 9.17) is 4.74 Å². The molecule has 0 radical (unpaired) electrons. The summed E-state index contributed by atoms with van der Waals surface area (Å²) in [6, 6.07) is 8.02. The van der Waals surface area contributed by atoms with Crippen LogP contribution >= 0.6 is 0 Å². The Morgan fingerprint density at radius 2 is 1.85 bits per heavy atom. The van der Waals surface area contributed by atoms with E-state index in [1.54, 1.807) is 0 Å². The van der Waals surface area contributed by atoms with Crippen LogP contribution in [0.1, 0.15) is 47.5 Å². The van der Waals surface area contributed by atoms with E-state index >= 15 is 0 Å². The van der Waals surface area contributed by atoms with E-state index in [0.29, 0.717) is 6.04 Å². The van der Waals surface area contributed by atoms with Gasteiger partial charge in [0.2, 0.25) is 0 Å². The lowest BCUT2D eigenvalue weighted by molar-refractivity contribution is 0.0636. The molecule has 4 nitrogen and oxygen atoms in total. The second-order valence-corrected chi connectivity index (χ2v) is 6.01. The van der Waals surface area contributed by atoms with E-state index in [2.05, 4.69) is 24.5 Å². The summed E-state index contributed by atoms with van der Waals surface area (Å²) in [5.74, 6) is 0. The van der Waals surface area contributed by atoms with Gasteiger partial charge in [-0.05, 0) is 46.2 Å². The topological polar surface area (TPSA) is 50.4 Å². The van der Waals surface area contributed by atoms with Crippen LogP contribution < -0.4 is 10.6 Å². The van der Waals surface area contributed by atoms with Crippen molar-refractivity contribution in [2.75, 3.05) is 10.6 Å². The minimum atomic E-state index is -0.498. The molecule has 1 unspecified atom stereocenters. The molecule has 1 rings (SSSR count). The maximum Gasteiger partial charge on any atom is 0.412 e. The van der Waals surface area contributed by atoms with Crippen LogP contribution in [-0.2, 0) is 4.74 Å². The third-order valence-electron chi connectivity index (χ3n) is 2.69. The Kier molecular flexibility index (Phi) is 5.86. The molecule has 20 heavy (non-hydrogen) atoms. The van der Waals surface area contributed by atoms with Gasteiger partial charge in [0.15, 0.2) is 0 Å². The molecule has 0 aliphatic rings. The van der Waals surface area contributed by atoms with Gasteiger partial charge in [0, 0.05) is 6.04 Å². The summed E-state index contributed by atoms with van der Waals surface area (Å²) < 4.78 is 5.27. The monoisotopic (exact) mass is 278 g/mol. The van der Waals surface area contributed by atoms with Crippen LogP contribution in [0, 0.1) is 0 Å². The fraction of sp³-hybridized carbons (Fsp3) is 0.562. The van der Waals surface area contributed by atoms with E-state index in [0.717, 1.165) is 24.2 Å². The number of nitrogens with one attached hydrogen (secondary N) is 2. The highest BCUT2D eigenvalue weighted by molar-refractivity contribution is 5.89. The third-order valence-corrected chi connectivity index (χ3v) is 2.69. The number of ether oxygens (including phenoxy) is 1. The van der Waals surface area contributed by atoms with Crippen molar-refractivity contribution in [2.24, 2.45) is 0 Å². The number of amides is 1. The van der Waals surface area contributed by atoms with Crippen LogP contribution in [0.5, 0.6) is 0 Å². The molecule has 1 aromatic carbocycles. The number of rotatable bonds is 5. The molecule has 0 fully saturated rings. The Morgan fingerprint density at radius 3 is 2.40 bits per heavy atom. The summed E-state index contributed by atoms with van der Waals surface area (Å²) >= 11 is 0. The lowest BCUT2D eigenvalue weighted by Crippen LogP contribution is -2.27. The van der Waals surface area contributed by atoms with E-state index in [9.17, 15) is 4.79 Å². The lowest BCUT2D eigenvalue weighted by Gasteiger charge is -2.21. The smallest absolute Gasteiger partial charge is 0.412 e. The van der Waals surface area contributed by atoms with Crippen LogP contribution in [-0.4, -0.2) is 17.7 Å². The lowest BCUT2D eigenvalue weighted by atomic mass is 10.1. The van der Waals surface area contributed by atoms with Gasteiger partial charge in [0.25, 0.3) is 0 Å². The Bertz CT molecular complexity index is 438. The zero-order valence-electron chi connectivity index (χ0n) is 13.1. The maximum atomic E-state index is 11.8. The molecule has 112 valence electrons. The van der Waals surface area contributed by atoms with Crippen LogP contribution in [0.2, 0.25) is 0 Å². The van der Waals surface area contributed by atoms with Gasteiger partial charge in [-0.25, -0.2) is 4.79 Å². The summed E-state index contributed by atoms with van der Waals surface area (Å²) in [5, 5.41) is 6.20. The summed E-state index contributed by atoms with van der Waals surface area (Å²) in [7, 11) is 0. The highest BCUT2D eigenvalue weighted by Crippen LogP contribution is 2.23. The Balaban J connectivity index is 2.72. The molecule has 0 aliphatic carbocycles. The molecular formula is C16H26N2O2. The number of anilines is 2. The highest BCUT2D eigenvalue weighted by atomic mass is 16.6. The number of benzene rings is 1. The van der Waals surface area contributed by atoms with Gasteiger partial charge in [-0.15, -0.1) is 0 Å². The predicted octanol–water partition coefficient (Wildman–Crippen LogP) is 4.63. The largest absolute Gasteiger partial charge is 0.444 e. The molecule has 4 heteroatoms. The Morgan fingerprint density at radius 1 is 1.25 bits per heavy atom. The average Bonchev–Trinajstić information content (AvgIpc) is 2.29. The molecule has 2 N–H and O–H groups in total. The summed E-state index contributed by atoms with van der Waals surface area (Å²) in [6.45, 7) is 9.83. The number of hydrogen-bond acceptors (Lipinski definition) is 3. The van der Waals surface area contributed by atoms with Crippen molar-refractivity contribution >= 4 is 17.5 Å². The first-order chi connectivity index (χ1) is 9.31. The van der Waals surface area contributed by atoms with Gasteiger partial charge >= 0.3 is 6.09 Å². The van der Waals surface area contributed by atoms with Crippen molar-refractivity contribution < 1.29 is 9.53 Å². The number of para-hydroxylation sites is 2. The molecule has 0 saturated heterocycles. The summed E-state index contributed by atoms with van der Waals surface area (Å²) in [5.41, 5.74) is 1.16. The van der Waals surface area contributed by atoms with Crippen LogP contribution in [0.3, 0.4) is 0 Å². The van der Waals surface area contributed by atoms with Crippen molar-refractivity contribution in [1.82, 2.24) is 0 Å². The van der Waals surface area contributed by atoms with Gasteiger partial charge in [0.1, 0.15) is 5.60 Å². The zero-order chi connectivity index (χ0) is 15.2. The molecule has 1 amide bonds. The third kappa shape index (κ3) is 5.95. The molecule has 0 aliphatic heterocycles. The molecule has 0 bridgehead atoms. The first-order valence-electron chi connectivity index (χ1n) is 7.17. The Hall–Kier alpha value is -1.71. The fourth-order valence-electron chi connectivity index (χ4n) is 1.90. The SMILES string of the molecule is CCCC(C)Nc1ccccc1NC(=O)OC(C)(C)C. The number of carbonyl (C=O) groups is 1. The van der Waals surface area contributed by atoms with E-state index in [-0.39, 0.29) is 0 Å². The molecular weight excluding hydrogens is 252 g/mol. The molecule has 0 saturated carbocycles. The van der Waals surface area contributed by atoms with Crippen molar-refractivity contribution in [3.05, 3.63) is 24.3 Å². The van der Waals surface area contributed by atoms with Gasteiger partial charge in [-0.3, -0.25) is 5.32 Å². The standard InChI is InChI=1S/C16H26N2O2/c1-6-9-12(2)17-13-10-7-8-11-14(13)18-15(19)20-16(3,4)5/h7-8,10-12,17H,6,9H2,1-5H3,(H,18,19). The average molecular weight is 278 g/mol. The minimum absolute atomic E-state index is 0.363. The molecule has 0 spiro atoms. The molecule has 1 aromatic rings. The second-order valence-electron chi connectivity index (χ2n) is 6.01. The molecule has 0 aromatic heterocycles. The number of carbonyl (C=O) groups excluding carboxylic acids is 1. The van der Waals surface area contributed by atoms with Crippen molar-refractivity contribution in [2.45, 2.75) is 59.1 Å². The van der Waals surface area contributed by atoms with Crippen LogP contribution in [0.15, 0.2) is 24.3 Å². The van der Waals surface area contributed by atoms with E-state index < -0.39 is 11.7 Å². The first kappa shape index (κ1) is 16.3. The van der Waals surface area contributed by atoms with E-state index in [1.807, 2.05) is 45.0 Å². The normalized spacial score (nSPS) is 12.7. The van der Waals surface area contributed by atoms with Gasteiger partial charge in [-0.2, -0.15) is 0 Å². The van der Waals surface area contributed by atoms with Gasteiger partial charge in [0.05, 0.1) is 11.4 Å². The minimum Gasteiger partial charge on any atom is -0.444 e. The predicted molar refractivity (Wildman–Crippen MR) is 84.3 cm³/mol.